The summed E-state index contributed by atoms with van der Waals surface area (Å²) in [6.45, 7) is -6.59. The molecule has 614 valence electrons. The Morgan fingerprint density at radius 3 is 0.880 bits per heavy atom. The minimum absolute atomic E-state index is 0. The molecule has 0 radical (unpaired) electrons. The SMILES string of the molecule is Cl.NC(N)=NCC1CCC(C(=O)Oc2ccccc2C(=O)OCc2ccccc2)CC1.OC[C@H]1O[C@@H]2O[C@H]3[C@H](O)[C@@H](O)[C@@H](O[C@H]4[C@H](O)[C@@H](O)[C@@H](O[C@H]5[C@H](O)[C@@H](O)[C@@H](O[C@H]6[C@H](O)[C@@H](O)[C@@H](O[C@H]7[C@H](O)[C@@H](O)[C@@H](O[C@H]8[C@H](O)[C@@H](O)[C@@H](O[C@H]1[C@H](O)[C@H]2O)O[C@@H]8CO)O[C@@H]7CO)O[C@@H]6CO)O[C@@H]5CO)O[C@@H]4CO)O[C@@H]3CO. The quantitative estimate of drug-likeness (QED) is 0.0361. The van der Waals surface area contributed by atoms with Gasteiger partial charge in [0.1, 0.15) is 189 Å². The Kier molecular flexibility index (Phi) is 32.0. The van der Waals surface area contributed by atoms with Crippen LogP contribution < -0.4 is 16.2 Å². The van der Waals surface area contributed by atoms with Crippen molar-refractivity contribution in [2.75, 3.05) is 52.8 Å². The lowest BCUT2D eigenvalue weighted by Crippen LogP contribution is -2.68. The second-order valence-corrected chi connectivity index (χ2v) is 27.1. The second-order valence-electron chi connectivity index (χ2n) is 27.1. The topological polar surface area (TPSA) is 671 Å². The van der Waals surface area contributed by atoms with E-state index in [4.69, 9.17) is 87.3 Å². The van der Waals surface area contributed by atoms with Crippen molar-refractivity contribution in [3.8, 4) is 5.75 Å². The molecular weight excluding hydrogens is 1480 g/mol. The van der Waals surface area contributed by atoms with E-state index in [1.165, 1.54) is 0 Å². The number of rotatable bonds is 14. The average Bonchev–Trinajstić information content (AvgIpc) is 0.778. The minimum atomic E-state index is -2.21. The number of ether oxygens (including phenoxy) is 16. The van der Waals surface area contributed by atoms with E-state index < -0.39 is 267 Å². The summed E-state index contributed by atoms with van der Waals surface area (Å²) in [5.41, 5.74) is 11.9. The summed E-state index contributed by atoms with van der Waals surface area (Å²) in [5.74, 6) is -0.359. The number of esters is 2. The van der Waals surface area contributed by atoms with Crippen molar-refractivity contribution >= 4 is 30.3 Å². The average molecular weight is 1580 g/mol. The lowest BCUT2D eigenvalue weighted by molar-refractivity contribution is -0.396. The fourth-order valence-corrected chi connectivity index (χ4v) is 13.9. The van der Waals surface area contributed by atoms with Crippen molar-refractivity contribution in [3.63, 3.8) is 0 Å². The number of aliphatic imine (C=N–C) groups is 1. The number of nitrogens with zero attached hydrogens (tertiary/aromatic N) is 1. The van der Waals surface area contributed by atoms with Gasteiger partial charge in [0.2, 0.25) is 0 Å². The first-order valence-corrected chi connectivity index (χ1v) is 34.7. The van der Waals surface area contributed by atoms with Crippen LogP contribution in [-0.2, 0) is 82.5 Å². The number of para-hydroxylation sites is 1. The Morgan fingerprint density at radius 1 is 0.361 bits per heavy atom. The monoisotopic (exact) mass is 1580 g/mol. The zero-order chi connectivity index (χ0) is 77.4. The van der Waals surface area contributed by atoms with Crippen molar-refractivity contribution in [1.29, 1.82) is 0 Å². The molecule has 43 heteroatoms. The van der Waals surface area contributed by atoms with Gasteiger partial charge in [-0.25, -0.2) is 4.79 Å². The molecular formula is C65H98ClN3O39. The standard InChI is InChI=1S/C42H70O35.C23H27N3O4.ClH/c43-1-8-29-15(50)22(57)36(64-8)72-30-9(2-44)66-38(24(59)17(30)52)74-32-11(4-46)68-40(26(61)19(32)54)76-34-13(6-48)70-42(28(63)21(34)56)77-35-14(7-49)69-41(27(62)20(35)55)75-33-12(5-47)67-39(25(60)18(33)53)73-31-10(3-45)65-37(71-29)23(58)16(31)51;24-23(25)26-14-16-10-12-18(13-11-16)21(27)30-20-9-5-4-8-19(20)22(28)29-15-17-6-2-1-3-7-17;/h8-63H,1-7H2;1-9,16,18H,10-15H2,(H4,24,25,26);1H/t8-,9-,10-,11-,12-,13-,14-,15-,16-,17-,18-,19-,20-,21-,22-,23-,24-,25-,26-,27-,28-,29-,30-,31-,32-,33-,34-,35-,36-,37-,38-,39-,40-,41-,42-;;/m1../s1. The van der Waals surface area contributed by atoms with Crippen LogP contribution in [0.5, 0.6) is 5.75 Å². The van der Waals surface area contributed by atoms with Crippen LogP contribution in [0.15, 0.2) is 59.6 Å². The smallest absolute Gasteiger partial charge is 0.342 e. The van der Waals surface area contributed by atoms with Crippen molar-refractivity contribution in [1.82, 2.24) is 0 Å². The minimum Gasteiger partial charge on any atom is -0.457 e. The lowest BCUT2D eigenvalue weighted by atomic mass is 9.82. The van der Waals surface area contributed by atoms with E-state index in [1.807, 2.05) is 30.3 Å². The number of nitrogens with two attached hydrogens (primary N) is 2. The summed E-state index contributed by atoms with van der Waals surface area (Å²) >= 11 is 0. The van der Waals surface area contributed by atoms with E-state index >= 15 is 0 Å². The fraction of sp³-hybridized carbons (Fsp3) is 0.769. The normalized spacial score (nSPS) is 44.5. The van der Waals surface area contributed by atoms with Crippen molar-refractivity contribution < 1.29 is 193 Å². The van der Waals surface area contributed by atoms with E-state index in [0.29, 0.717) is 25.3 Å². The Hall–Kier alpha value is -4.46. The van der Waals surface area contributed by atoms with Crippen molar-refractivity contribution in [2.24, 2.45) is 28.3 Å². The summed E-state index contributed by atoms with van der Waals surface area (Å²) in [6, 6.07) is 16.1. The molecule has 1 saturated carbocycles. The van der Waals surface area contributed by atoms with E-state index in [1.54, 1.807) is 24.3 Å². The fourth-order valence-electron chi connectivity index (χ4n) is 13.9. The number of hydrogen-bond donors (Lipinski definition) is 23. The van der Waals surface area contributed by atoms with E-state index in [-0.39, 0.29) is 48.2 Å². The van der Waals surface area contributed by atoms with Crippen LogP contribution in [0.1, 0.15) is 41.6 Å². The first-order chi connectivity index (χ1) is 51.2. The lowest BCUT2D eigenvalue weighted by Gasteiger charge is -2.50. The number of carbonyl (C=O) groups is 2. The van der Waals surface area contributed by atoms with Crippen LogP contribution in [0.4, 0.5) is 0 Å². The molecule has 2 aromatic carbocycles. The van der Waals surface area contributed by atoms with Gasteiger partial charge in [-0.15, -0.1) is 12.4 Å². The summed E-state index contributed by atoms with van der Waals surface area (Å²) in [6.07, 6.45) is -67.1. The predicted molar refractivity (Wildman–Crippen MR) is 349 cm³/mol. The van der Waals surface area contributed by atoms with Gasteiger partial charge in [0, 0.05) is 6.54 Å². The largest absolute Gasteiger partial charge is 0.457 e. The Morgan fingerprint density at radius 2 is 0.620 bits per heavy atom. The molecule has 0 spiro atoms. The first-order valence-electron chi connectivity index (χ1n) is 34.7. The molecule has 22 aliphatic rings. The van der Waals surface area contributed by atoms with Crippen LogP contribution >= 0.6 is 12.4 Å². The van der Waals surface area contributed by atoms with Gasteiger partial charge in [0.15, 0.2) is 50.0 Å². The molecule has 22 fully saturated rings. The van der Waals surface area contributed by atoms with Gasteiger partial charge >= 0.3 is 11.9 Å². The van der Waals surface area contributed by atoms with Gasteiger partial charge in [-0.2, -0.15) is 0 Å². The van der Waals surface area contributed by atoms with E-state index in [9.17, 15) is 117 Å². The number of aliphatic hydroxyl groups is 21. The highest BCUT2D eigenvalue weighted by atomic mass is 35.5. The molecule has 0 aromatic heterocycles. The zero-order valence-corrected chi connectivity index (χ0v) is 58.3. The number of aliphatic hydroxyl groups excluding tert-OH is 21. The van der Waals surface area contributed by atoms with Crippen LogP contribution in [0, 0.1) is 11.8 Å². The second kappa shape index (κ2) is 39.5. The molecule has 21 heterocycles. The van der Waals surface area contributed by atoms with E-state index in [2.05, 4.69) is 4.99 Å². The molecule has 0 unspecified atom stereocenters. The molecule has 21 saturated heterocycles. The molecule has 14 bridgehead atoms. The van der Waals surface area contributed by atoms with Gasteiger partial charge in [-0.05, 0) is 49.3 Å². The summed E-state index contributed by atoms with van der Waals surface area (Å²) < 4.78 is 90.4. The Labute approximate surface area is 620 Å². The van der Waals surface area contributed by atoms with Crippen LogP contribution in [-0.4, -0.2) is 393 Å². The molecule has 0 amide bonds. The predicted octanol–water partition coefficient (Wildman–Crippen LogP) is -11.8. The number of carbonyl (C=O) groups excluding carboxylic acids is 2. The molecule has 35 atom stereocenters. The third-order valence-corrected chi connectivity index (χ3v) is 20.0. The maximum absolute atomic E-state index is 12.7. The van der Waals surface area contributed by atoms with Gasteiger partial charge in [0.25, 0.3) is 0 Å². The van der Waals surface area contributed by atoms with Crippen molar-refractivity contribution in [2.45, 2.75) is 247 Å². The summed E-state index contributed by atoms with van der Waals surface area (Å²) in [5, 5.41) is 230. The van der Waals surface area contributed by atoms with Gasteiger partial charge in [0.05, 0.1) is 52.2 Å². The number of benzene rings is 2. The van der Waals surface area contributed by atoms with Gasteiger partial charge in [-0.3, -0.25) is 9.79 Å². The molecule has 2 aromatic rings. The number of halogens is 1. The maximum atomic E-state index is 12.7. The molecule has 24 rings (SSSR count). The number of hydrogen-bond acceptors (Lipinski definition) is 40. The molecule has 1 aliphatic carbocycles. The maximum Gasteiger partial charge on any atom is 0.342 e. The molecule has 42 nitrogen and oxygen atoms in total. The number of guanidine groups is 1. The highest BCUT2D eigenvalue weighted by Gasteiger charge is 2.60. The highest BCUT2D eigenvalue weighted by molar-refractivity contribution is 5.93. The van der Waals surface area contributed by atoms with Crippen LogP contribution in [0.3, 0.4) is 0 Å². The Bertz CT molecular complexity index is 2760. The van der Waals surface area contributed by atoms with Gasteiger partial charge < -0.3 is 194 Å². The zero-order valence-electron chi connectivity index (χ0n) is 57.5. The molecule has 21 aliphatic heterocycles. The molecule has 25 N–H and O–H groups in total. The molecule has 108 heavy (non-hydrogen) atoms. The van der Waals surface area contributed by atoms with Crippen LogP contribution in [0.25, 0.3) is 0 Å². The third kappa shape index (κ3) is 19.7. The summed E-state index contributed by atoms with van der Waals surface area (Å²) in [4.78, 5) is 29.2. The highest BCUT2D eigenvalue weighted by Crippen LogP contribution is 2.40. The third-order valence-electron chi connectivity index (χ3n) is 20.0. The first kappa shape index (κ1) is 87.5. The van der Waals surface area contributed by atoms with Gasteiger partial charge in [-0.1, -0.05) is 42.5 Å². The Balaban J connectivity index is 0.000000362. The van der Waals surface area contributed by atoms with Crippen LogP contribution in [0.2, 0.25) is 0 Å². The van der Waals surface area contributed by atoms with Crippen molar-refractivity contribution in [3.05, 3.63) is 65.7 Å². The van der Waals surface area contributed by atoms with E-state index in [0.717, 1.165) is 18.4 Å². The summed E-state index contributed by atoms with van der Waals surface area (Å²) in [7, 11) is 0.